The summed E-state index contributed by atoms with van der Waals surface area (Å²) in [5, 5.41) is 0. The van der Waals surface area contributed by atoms with Crippen LogP contribution in [0.3, 0.4) is 0 Å². The average Bonchev–Trinajstić information content (AvgIpc) is 2.85. The van der Waals surface area contributed by atoms with Crippen LogP contribution in [-0.2, 0) is 0 Å². The summed E-state index contributed by atoms with van der Waals surface area (Å²) in [6, 6.07) is 9.42. The summed E-state index contributed by atoms with van der Waals surface area (Å²) >= 11 is -2.61. The molecule has 1 heteroatoms. The Morgan fingerprint density at radius 3 is 1.13 bits per heavy atom. The topological polar surface area (TPSA) is 0 Å². The summed E-state index contributed by atoms with van der Waals surface area (Å²) in [5.74, 6) is 0. The van der Waals surface area contributed by atoms with E-state index in [0.717, 1.165) is 0 Å². The van der Waals surface area contributed by atoms with E-state index in [1.165, 1.54) is 33.4 Å². The molecule has 23 heavy (non-hydrogen) atoms. The summed E-state index contributed by atoms with van der Waals surface area (Å²) in [5.41, 5.74) is 8.56. The first-order valence-corrected chi connectivity index (χ1v) is 12.9. The third kappa shape index (κ3) is 2.63. The van der Waals surface area contributed by atoms with Crippen molar-refractivity contribution in [2.45, 2.75) is 41.5 Å². The van der Waals surface area contributed by atoms with Crippen molar-refractivity contribution >= 4 is 22.1 Å². The minimum atomic E-state index is -2.61. The molecule has 0 unspecified atom stereocenters. The van der Waals surface area contributed by atoms with Gasteiger partial charge in [0.1, 0.15) is 0 Å². The van der Waals surface area contributed by atoms with E-state index in [1.54, 1.807) is 8.79 Å². The van der Waals surface area contributed by atoms with Gasteiger partial charge in [0.15, 0.2) is 0 Å². The number of benzene rings is 2. The number of hydrogen-bond donors (Lipinski definition) is 0. The molecule has 118 valence electrons. The Bertz CT molecular complexity index is 720. The average molecular weight is 363 g/mol. The van der Waals surface area contributed by atoms with Crippen LogP contribution in [0.2, 0.25) is 0 Å². The van der Waals surface area contributed by atoms with Crippen molar-refractivity contribution in [2.24, 2.45) is 0 Å². The molecule has 1 heterocycles. The molecule has 1 aliphatic rings. The molecule has 0 radical (unpaired) electrons. The van der Waals surface area contributed by atoms with Gasteiger partial charge in [-0.25, -0.2) is 0 Å². The van der Waals surface area contributed by atoms with Crippen LogP contribution in [0.4, 0.5) is 0 Å². The van der Waals surface area contributed by atoms with Gasteiger partial charge in [-0.2, -0.15) is 0 Å². The maximum atomic E-state index is 2.55. The second-order valence-electron chi connectivity index (χ2n) is 7.13. The minimum absolute atomic E-state index is 1.37. The fourth-order valence-electron chi connectivity index (χ4n) is 4.59. The Balaban J connectivity index is 2.38. The van der Waals surface area contributed by atoms with Crippen molar-refractivity contribution in [1.82, 2.24) is 0 Å². The van der Waals surface area contributed by atoms with Gasteiger partial charge in [-0.3, -0.25) is 0 Å². The maximum absolute atomic E-state index is 2.61. The molecule has 0 N–H and O–H groups in total. The van der Waals surface area contributed by atoms with Gasteiger partial charge in [0.05, 0.1) is 0 Å². The zero-order valence-corrected chi connectivity index (χ0v) is 17.2. The summed E-state index contributed by atoms with van der Waals surface area (Å²) in [7, 11) is 0. The van der Waals surface area contributed by atoms with E-state index in [1.807, 2.05) is 0 Å². The van der Waals surface area contributed by atoms with E-state index in [-0.39, 0.29) is 0 Å². The molecule has 0 saturated carbocycles. The molecule has 1 aliphatic heterocycles. The molecule has 0 aromatic heterocycles. The van der Waals surface area contributed by atoms with Crippen LogP contribution in [0.15, 0.2) is 46.2 Å². The first-order valence-electron chi connectivity index (χ1n) is 8.39. The predicted molar refractivity (Wildman–Crippen MR) is 105 cm³/mol. The van der Waals surface area contributed by atoms with Crippen LogP contribution in [0.5, 0.6) is 0 Å². The monoisotopic (exact) mass is 364 g/mol. The third-order valence-electron chi connectivity index (χ3n) is 5.01. The van der Waals surface area contributed by atoms with E-state index in [2.05, 4.69) is 87.8 Å². The predicted octanol–water partition coefficient (Wildman–Crippen LogP) is 4.30. The van der Waals surface area contributed by atoms with Crippen LogP contribution in [0, 0.1) is 41.5 Å². The number of hydrogen-bond acceptors (Lipinski definition) is 0. The molecule has 0 amide bonds. The van der Waals surface area contributed by atoms with E-state index in [9.17, 15) is 0 Å². The Morgan fingerprint density at radius 1 is 0.522 bits per heavy atom. The van der Waals surface area contributed by atoms with Gasteiger partial charge in [-0.05, 0) is 0 Å². The van der Waals surface area contributed by atoms with Crippen LogP contribution in [-0.4, -0.2) is 13.3 Å². The van der Waals surface area contributed by atoms with Crippen molar-refractivity contribution in [2.75, 3.05) is 0 Å². The van der Waals surface area contributed by atoms with Gasteiger partial charge in [0.25, 0.3) is 0 Å². The van der Waals surface area contributed by atoms with Gasteiger partial charge in [0, 0.05) is 0 Å². The molecule has 0 bridgehead atoms. The zero-order chi connectivity index (χ0) is 16.8. The van der Waals surface area contributed by atoms with Gasteiger partial charge >= 0.3 is 143 Å². The molecule has 0 aliphatic carbocycles. The van der Waals surface area contributed by atoms with Crippen molar-refractivity contribution in [3.05, 3.63) is 79.6 Å². The second-order valence-corrected chi connectivity index (χ2v) is 14.3. The van der Waals surface area contributed by atoms with Crippen LogP contribution in [0.25, 0.3) is 0 Å². The van der Waals surface area contributed by atoms with Gasteiger partial charge in [0.2, 0.25) is 0 Å². The van der Waals surface area contributed by atoms with Gasteiger partial charge in [-0.15, -0.1) is 0 Å². The zero-order valence-electron chi connectivity index (χ0n) is 15.1. The molecule has 2 aromatic rings. The molecule has 0 spiro atoms. The molecule has 2 aromatic carbocycles. The molecular formula is C22H26Ge. The van der Waals surface area contributed by atoms with Crippen molar-refractivity contribution in [3.8, 4) is 0 Å². The van der Waals surface area contributed by atoms with Crippen LogP contribution < -0.4 is 8.79 Å². The fourth-order valence-corrected chi connectivity index (χ4v) is 14.6. The summed E-state index contributed by atoms with van der Waals surface area (Å²) in [6.45, 7) is 13.6. The normalized spacial score (nSPS) is 15.4. The van der Waals surface area contributed by atoms with Crippen molar-refractivity contribution in [1.29, 1.82) is 0 Å². The summed E-state index contributed by atoms with van der Waals surface area (Å²) in [6.07, 6.45) is 4.55. The molecule has 0 saturated heterocycles. The fraction of sp³-hybridized carbons (Fsp3) is 0.273. The van der Waals surface area contributed by atoms with E-state index < -0.39 is 13.3 Å². The number of rotatable bonds is 2. The van der Waals surface area contributed by atoms with E-state index in [4.69, 9.17) is 0 Å². The number of allylic oxidation sites excluding steroid dienone is 2. The van der Waals surface area contributed by atoms with Crippen LogP contribution >= 0.6 is 0 Å². The van der Waals surface area contributed by atoms with Gasteiger partial charge in [-0.1, -0.05) is 0 Å². The number of aryl methyl sites for hydroxylation is 6. The Labute approximate surface area is 143 Å². The summed E-state index contributed by atoms with van der Waals surface area (Å²) in [4.78, 5) is 5.10. The molecule has 3 rings (SSSR count). The van der Waals surface area contributed by atoms with E-state index in [0.29, 0.717) is 0 Å². The third-order valence-corrected chi connectivity index (χ3v) is 14.8. The second kappa shape index (κ2) is 5.83. The Hall–Kier alpha value is -1.54. The first-order chi connectivity index (χ1) is 10.8. The molecule has 0 nitrogen and oxygen atoms in total. The summed E-state index contributed by atoms with van der Waals surface area (Å²) < 4.78 is 3.24. The molecule has 0 fully saturated rings. The standard InChI is InChI=1S/C22H26Ge/c1-15-11-17(3)21(18(4)12-15)23(9-7-8-10-23)22-19(5)13-16(2)14-20(22)6/h7-14H,1-6H3. The quantitative estimate of drug-likeness (QED) is 0.698. The van der Waals surface area contributed by atoms with Crippen LogP contribution in [0.1, 0.15) is 33.4 Å². The van der Waals surface area contributed by atoms with Crippen molar-refractivity contribution < 1.29 is 0 Å². The Morgan fingerprint density at radius 2 is 0.826 bits per heavy atom. The van der Waals surface area contributed by atoms with Gasteiger partial charge < -0.3 is 0 Å². The van der Waals surface area contributed by atoms with E-state index >= 15 is 0 Å². The Kier molecular flexibility index (Phi) is 4.14. The van der Waals surface area contributed by atoms with Crippen molar-refractivity contribution in [3.63, 3.8) is 0 Å². The first kappa shape index (κ1) is 16.3. The molecular weight excluding hydrogens is 337 g/mol. The molecule has 0 atom stereocenters. The SMILES string of the molecule is Cc1cc(C)[c]([Ge]2([c]3c(C)cc(C)cc3C)[CH]=CC=[CH]2)c(C)c1.